The van der Waals surface area contributed by atoms with E-state index >= 15 is 0 Å². The van der Waals surface area contributed by atoms with Crippen molar-refractivity contribution in [3.63, 3.8) is 0 Å². The van der Waals surface area contributed by atoms with Crippen LogP contribution in [0.1, 0.15) is 18.4 Å². The maximum Gasteiger partial charge on any atom is 0.573 e. The standard InChI is InChI=1S/C19H18F4N2O4S/c20-17-4-2-1-3-13(17)12-25(14-5-6-14)18(26)11-24-30(27,28)16-9-7-15(8-10-16)29-19(21,22)23/h1-4,7-10,14,24H,5-6,11-12H2. The minimum absolute atomic E-state index is 0.0153. The first-order valence-corrected chi connectivity index (χ1v) is 10.4. The van der Waals surface area contributed by atoms with Gasteiger partial charge in [0.15, 0.2) is 0 Å². The van der Waals surface area contributed by atoms with Crippen molar-refractivity contribution in [1.82, 2.24) is 9.62 Å². The van der Waals surface area contributed by atoms with Gasteiger partial charge in [-0.3, -0.25) is 4.79 Å². The number of hydrogen-bond donors (Lipinski definition) is 1. The highest BCUT2D eigenvalue weighted by Crippen LogP contribution is 2.29. The Morgan fingerprint density at radius 2 is 1.73 bits per heavy atom. The van der Waals surface area contributed by atoms with Gasteiger partial charge in [0, 0.05) is 18.2 Å². The fourth-order valence-corrected chi connectivity index (χ4v) is 3.75. The van der Waals surface area contributed by atoms with E-state index in [-0.39, 0.29) is 17.5 Å². The van der Waals surface area contributed by atoms with Crippen LogP contribution in [-0.4, -0.2) is 38.2 Å². The number of nitrogens with zero attached hydrogens (tertiary/aromatic N) is 1. The molecule has 1 aliphatic carbocycles. The molecule has 0 bridgehead atoms. The fourth-order valence-electron chi connectivity index (χ4n) is 2.78. The first kappa shape index (κ1) is 22.0. The quantitative estimate of drug-likeness (QED) is 0.632. The fraction of sp³-hybridized carbons (Fsp3) is 0.316. The molecule has 0 heterocycles. The summed E-state index contributed by atoms with van der Waals surface area (Å²) in [6.07, 6.45) is -3.41. The van der Waals surface area contributed by atoms with Crippen molar-refractivity contribution in [3.05, 3.63) is 59.9 Å². The molecule has 0 aliphatic heterocycles. The lowest BCUT2D eigenvalue weighted by Gasteiger charge is -2.23. The van der Waals surface area contributed by atoms with E-state index in [2.05, 4.69) is 9.46 Å². The highest BCUT2D eigenvalue weighted by Gasteiger charge is 2.34. The van der Waals surface area contributed by atoms with E-state index in [1.54, 1.807) is 12.1 Å². The van der Waals surface area contributed by atoms with Gasteiger partial charge in [-0.25, -0.2) is 17.5 Å². The maximum absolute atomic E-state index is 13.9. The van der Waals surface area contributed by atoms with Gasteiger partial charge in [0.2, 0.25) is 15.9 Å². The van der Waals surface area contributed by atoms with Crippen LogP contribution in [0.4, 0.5) is 17.6 Å². The van der Waals surface area contributed by atoms with Gasteiger partial charge in [0.25, 0.3) is 0 Å². The molecule has 2 aromatic carbocycles. The third-order valence-electron chi connectivity index (χ3n) is 4.39. The Hall–Kier alpha value is -2.66. The first-order chi connectivity index (χ1) is 14.0. The average Bonchev–Trinajstić information content (AvgIpc) is 3.50. The van der Waals surface area contributed by atoms with Crippen LogP contribution in [0.25, 0.3) is 0 Å². The molecule has 1 N–H and O–H groups in total. The Morgan fingerprint density at radius 3 is 2.30 bits per heavy atom. The third-order valence-corrected chi connectivity index (χ3v) is 5.80. The monoisotopic (exact) mass is 446 g/mol. The van der Waals surface area contributed by atoms with Crippen LogP contribution in [0, 0.1) is 5.82 Å². The van der Waals surface area contributed by atoms with Gasteiger partial charge in [0.1, 0.15) is 11.6 Å². The summed E-state index contributed by atoms with van der Waals surface area (Å²) in [6, 6.07) is 9.51. The number of amides is 1. The van der Waals surface area contributed by atoms with Crippen LogP contribution in [0.3, 0.4) is 0 Å². The van der Waals surface area contributed by atoms with Crippen LogP contribution < -0.4 is 9.46 Å². The van der Waals surface area contributed by atoms with E-state index in [0.717, 1.165) is 37.1 Å². The van der Waals surface area contributed by atoms with E-state index in [0.29, 0.717) is 5.56 Å². The summed E-state index contributed by atoms with van der Waals surface area (Å²) in [5, 5.41) is 0. The Kier molecular flexibility index (Phi) is 6.32. The van der Waals surface area contributed by atoms with Gasteiger partial charge in [-0.05, 0) is 43.2 Å². The molecule has 3 rings (SSSR count). The molecule has 11 heteroatoms. The van der Waals surface area contributed by atoms with E-state index in [1.165, 1.54) is 17.0 Å². The molecule has 6 nitrogen and oxygen atoms in total. The van der Waals surface area contributed by atoms with Crippen molar-refractivity contribution in [2.24, 2.45) is 0 Å². The molecular formula is C19H18F4N2O4S. The lowest BCUT2D eigenvalue weighted by Crippen LogP contribution is -2.41. The minimum Gasteiger partial charge on any atom is -0.406 e. The topological polar surface area (TPSA) is 75.7 Å². The molecule has 1 saturated carbocycles. The molecule has 0 radical (unpaired) electrons. The minimum atomic E-state index is -4.89. The zero-order chi connectivity index (χ0) is 21.9. The van der Waals surface area contributed by atoms with Gasteiger partial charge in [0.05, 0.1) is 11.4 Å². The summed E-state index contributed by atoms with van der Waals surface area (Å²) in [4.78, 5) is 13.7. The van der Waals surface area contributed by atoms with E-state index < -0.39 is 40.4 Å². The van der Waals surface area contributed by atoms with Gasteiger partial charge in [-0.2, -0.15) is 0 Å². The molecule has 2 aromatic rings. The second-order valence-corrected chi connectivity index (χ2v) is 8.45. The largest absolute Gasteiger partial charge is 0.573 e. The molecule has 0 unspecified atom stereocenters. The number of carbonyl (C=O) groups is 1. The van der Waals surface area contributed by atoms with Crippen molar-refractivity contribution in [2.45, 2.75) is 36.7 Å². The predicted octanol–water partition coefficient (Wildman–Crippen LogP) is 3.19. The van der Waals surface area contributed by atoms with Gasteiger partial charge in [-0.1, -0.05) is 18.2 Å². The van der Waals surface area contributed by atoms with E-state index in [1.807, 2.05) is 0 Å². The number of hydrogen-bond acceptors (Lipinski definition) is 4. The SMILES string of the molecule is O=C(CNS(=O)(=O)c1ccc(OC(F)(F)F)cc1)N(Cc1ccccc1F)C1CC1. The Bertz CT molecular complexity index is 1010. The Morgan fingerprint density at radius 1 is 1.10 bits per heavy atom. The zero-order valence-electron chi connectivity index (χ0n) is 15.5. The number of rotatable bonds is 8. The predicted molar refractivity (Wildman–Crippen MR) is 98.3 cm³/mol. The summed E-state index contributed by atoms with van der Waals surface area (Å²) >= 11 is 0. The summed E-state index contributed by atoms with van der Waals surface area (Å²) < 4.78 is 81.0. The molecule has 0 aromatic heterocycles. The number of nitrogens with one attached hydrogen (secondary N) is 1. The van der Waals surface area contributed by atoms with Crippen LogP contribution in [0.15, 0.2) is 53.4 Å². The smallest absolute Gasteiger partial charge is 0.406 e. The summed E-state index contributed by atoms with van der Waals surface area (Å²) in [5.74, 6) is -1.55. The Labute approximate surface area is 170 Å². The van der Waals surface area contributed by atoms with Crippen molar-refractivity contribution in [2.75, 3.05) is 6.54 Å². The maximum atomic E-state index is 13.9. The lowest BCUT2D eigenvalue weighted by molar-refractivity contribution is -0.274. The number of carbonyl (C=O) groups excluding carboxylic acids is 1. The Balaban J connectivity index is 1.64. The summed E-state index contributed by atoms with van der Waals surface area (Å²) in [6.45, 7) is -0.546. The highest BCUT2D eigenvalue weighted by molar-refractivity contribution is 7.89. The number of ether oxygens (including phenoxy) is 1. The van der Waals surface area contributed by atoms with Crippen LogP contribution in [0.5, 0.6) is 5.75 Å². The van der Waals surface area contributed by atoms with Crippen molar-refractivity contribution < 1.29 is 35.5 Å². The van der Waals surface area contributed by atoms with Crippen LogP contribution in [0.2, 0.25) is 0 Å². The second-order valence-electron chi connectivity index (χ2n) is 6.69. The molecule has 0 spiro atoms. The van der Waals surface area contributed by atoms with Gasteiger partial charge < -0.3 is 9.64 Å². The van der Waals surface area contributed by atoms with E-state index in [9.17, 15) is 30.8 Å². The normalized spacial score (nSPS) is 14.4. The molecule has 30 heavy (non-hydrogen) atoms. The number of sulfonamides is 1. The summed E-state index contributed by atoms with van der Waals surface area (Å²) in [5.41, 5.74) is 0.320. The molecule has 0 saturated heterocycles. The molecule has 1 fully saturated rings. The van der Waals surface area contributed by atoms with Crippen molar-refractivity contribution in [1.29, 1.82) is 0 Å². The number of benzene rings is 2. The number of alkyl halides is 3. The van der Waals surface area contributed by atoms with E-state index in [4.69, 9.17) is 0 Å². The second kappa shape index (κ2) is 8.60. The van der Waals surface area contributed by atoms with Crippen molar-refractivity contribution >= 4 is 15.9 Å². The lowest BCUT2D eigenvalue weighted by atomic mass is 10.2. The molecule has 1 amide bonds. The van der Waals surface area contributed by atoms with Crippen LogP contribution >= 0.6 is 0 Å². The number of halogens is 4. The third kappa shape index (κ3) is 5.92. The van der Waals surface area contributed by atoms with Gasteiger partial charge >= 0.3 is 6.36 Å². The van der Waals surface area contributed by atoms with Gasteiger partial charge in [-0.15, -0.1) is 13.2 Å². The van der Waals surface area contributed by atoms with Crippen LogP contribution in [-0.2, 0) is 21.4 Å². The van der Waals surface area contributed by atoms with Crippen molar-refractivity contribution in [3.8, 4) is 5.75 Å². The molecule has 1 aliphatic rings. The molecule has 0 atom stereocenters. The zero-order valence-corrected chi connectivity index (χ0v) is 16.3. The molecular weight excluding hydrogens is 428 g/mol. The first-order valence-electron chi connectivity index (χ1n) is 8.93. The highest BCUT2D eigenvalue weighted by atomic mass is 32.2. The molecule has 162 valence electrons. The average molecular weight is 446 g/mol. The summed E-state index contributed by atoms with van der Waals surface area (Å²) in [7, 11) is -4.14.